The third-order valence-corrected chi connectivity index (χ3v) is 2.74. The van der Waals surface area contributed by atoms with E-state index >= 15 is 0 Å². The zero-order valence-corrected chi connectivity index (χ0v) is 9.91. The molecule has 0 saturated carbocycles. The molecule has 20 heavy (non-hydrogen) atoms. The van der Waals surface area contributed by atoms with E-state index in [0.717, 1.165) is 30.3 Å². The molecular formula is C14H8F4O2. The van der Waals surface area contributed by atoms with Gasteiger partial charge in [-0.05, 0) is 29.8 Å². The van der Waals surface area contributed by atoms with Gasteiger partial charge in [0.15, 0.2) is 0 Å². The van der Waals surface area contributed by atoms with Gasteiger partial charge >= 0.3 is 12.1 Å². The topological polar surface area (TPSA) is 37.3 Å². The van der Waals surface area contributed by atoms with Crippen LogP contribution >= 0.6 is 0 Å². The van der Waals surface area contributed by atoms with Crippen molar-refractivity contribution in [2.75, 3.05) is 0 Å². The summed E-state index contributed by atoms with van der Waals surface area (Å²) in [6.07, 6.45) is -4.50. The maximum Gasteiger partial charge on any atom is 0.416 e. The number of hydrogen-bond acceptors (Lipinski definition) is 1. The molecule has 1 N–H and O–H groups in total. The fraction of sp³-hybridized carbons (Fsp3) is 0.0714. The molecule has 0 aromatic heterocycles. The van der Waals surface area contributed by atoms with Gasteiger partial charge in [-0.1, -0.05) is 18.2 Å². The van der Waals surface area contributed by atoms with Crippen molar-refractivity contribution in [3.05, 3.63) is 59.4 Å². The van der Waals surface area contributed by atoms with E-state index in [0.29, 0.717) is 0 Å². The van der Waals surface area contributed by atoms with Crippen LogP contribution in [0.2, 0.25) is 0 Å². The van der Waals surface area contributed by atoms with Crippen LogP contribution in [-0.4, -0.2) is 11.1 Å². The minimum atomic E-state index is -4.50. The molecule has 0 saturated heterocycles. The zero-order chi connectivity index (χ0) is 14.9. The standard InChI is InChI=1S/C14H8F4O2/c15-11-3-1-2-10(13(19)20)12(11)8-4-6-9(7-5-8)14(16,17)18/h1-7H,(H,19,20). The van der Waals surface area contributed by atoms with Crippen molar-refractivity contribution in [3.63, 3.8) is 0 Å². The first-order valence-electron chi connectivity index (χ1n) is 5.50. The van der Waals surface area contributed by atoms with Crippen molar-refractivity contribution in [2.45, 2.75) is 6.18 Å². The monoisotopic (exact) mass is 284 g/mol. The van der Waals surface area contributed by atoms with Crippen molar-refractivity contribution < 1.29 is 27.5 Å². The van der Waals surface area contributed by atoms with Crippen molar-refractivity contribution in [1.29, 1.82) is 0 Å². The maximum atomic E-state index is 13.7. The first kappa shape index (κ1) is 14.0. The van der Waals surface area contributed by atoms with E-state index in [4.69, 9.17) is 5.11 Å². The minimum absolute atomic E-state index is 0.0773. The molecule has 2 aromatic carbocycles. The summed E-state index contributed by atoms with van der Waals surface area (Å²) < 4.78 is 51.1. The number of rotatable bonds is 2. The second-order valence-electron chi connectivity index (χ2n) is 4.04. The number of halogens is 4. The lowest BCUT2D eigenvalue weighted by Crippen LogP contribution is -2.05. The maximum absolute atomic E-state index is 13.7. The highest BCUT2D eigenvalue weighted by atomic mass is 19.4. The summed E-state index contributed by atoms with van der Waals surface area (Å²) in [7, 11) is 0. The second kappa shape index (κ2) is 4.96. The summed E-state index contributed by atoms with van der Waals surface area (Å²) in [4.78, 5) is 11.0. The van der Waals surface area contributed by atoms with Gasteiger partial charge in [-0.3, -0.25) is 0 Å². The van der Waals surface area contributed by atoms with E-state index in [1.54, 1.807) is 0 Å². The molecule has 0 atom stereocenters. The molecular weight excluding hydrogens is 276 g/mol. The van der Waals surface area contributed by atoms with Gasteiger partial charge in [-0.15, -0.1) is 0 Å². The minimum Gasteiger partial charge on any atom is -0.478 e. The molecule has 0 fully saturated rings. The molecule has 2 aromatic rings. The molecule has 0 radical (unpaired) electrons. The smallest absolute Gasteiger partial charge is 0.416 e. The zero-order valence-electron chi connectivity index (χ0n) is 9.91. The van der Waals surface area contributed by atoms with E-state index < -0.39 is 23.5 Å². The first-order chi connectivity index (χ1) is 9.30. The van der Waals surface area contributed by atoms with Gasteiger partial charge in [-0.2, -0.15) is 13.2 Å². The third-order valence-electron chi connectivity index (χ3n) is 2.74. The number of carboxylic acids is 1. The predicted octanol–water partition coefficient (Wildman–Crippen LogP) is 4.21. The Hall–Kier alpha value is -2.37. The molecule has 0 amide bonds. The highest BCUT2D eigenvalue weighted by Crippen LogP contribution is 2.32. The molecule has 0 bridgehead atoms. The lowest BCUT2D eigenvalue weighted by atomic mass is 9.98. The summed E-state index contributed by atoms with van der Waals surface area (Å²) in [6.45, 7) is 0. The molecule has 0 heterocycles. The number of carbonyl (C=O) groups is 1. The highest BCUT2D eigenvalue weighted by Gasteiger charge is 2.30. The summed E-state index contributed by atoms with van der Waals surface area (Å²) in [6, 6.07) is 7.15. The Morgan fingerprint density at radius 2 is 1.60 bits per heavy atom. The summed E-state index contributed by atoms with van der Waals surface area (Å²) in [5.41, 5.74) is -1.33. The molecule has 0 aliphatic carbocycles. The quantitative estimate of drug-likeness (QED) is 0.839. The molecule has 0 spiro atoms. The number of benzene rings is 2. The molecule has 2 rings (SSSR count). The first-order valence-corrected chi connectivity index (χ1v) is 5.50. The molecule has 0 aliphatic heterocycles. The van der Waals surface area contributed by atoms with Gasteiger partial charge < -0.3 is 5.11 Å². The normalized spacial score (nSPS) is 11.4. The SMILES string of the molecule is O=C(O)c1cccc(F)c1-c1ccc(C(F)(F)F)cc1. The average Bonchev–Trinajstić information content (AvgIpc) is 2.37. The number of alkyl halides is 3. The van der Waals surface area contributed by atoms with E-state index in [1.165, 1.54) is 12.1 Å². The summed E-state index contributed by atoms with van der Waals surface area (Å²) in [5.74, 6) is -2.15. The van der Waals surface area contributed by atoms with Gasteiger partial charge in [0.2, 0.25) is 0 Å². The second-order valence-corrected chi connectivity index (χ2v) is 4.04. The Labute approximate surface area is 111 Å². The van der Waals surface area contributed by atoms with Crippen LogP contribution in [0.3, 0.4) is 0 Å². The van der Waals surface area contributed by atoms with Crippen LogP contribution in [0, 0.1) is 5.82 Å². The van der Waals surface area contributed by atoms with Crippen molar-refractivity contribution in [1.82, 2.24) is 0 Å². The Balaban J connectivity index is 2.55. The summed E-state index contributed by atoms with van der Waals surface area (Å²) in [5, 5.41) is 8.99. The lowest BCUT2D eigenvalue weighted by molar-refractivity contribution is -0.137. The van der Waals surface area contributed by atoms with Gasteiger partial charge in [0.25, 0.3) is 0 Å². The van der Waals surface area contributed by atoms with Gasteiger partial charge in [-0.25, -0.2) is 9.18 Å². The van der Waals surface area contributed by atoms with Crippen LogP contribution in [0.25, 0.3) is 11.1 Å². The van der Waals surface area contributed by atoms with Crippen LogP contribution in [0.1, 0.15) is 15.9 Å². The van der Waals surface area contributed by atoms with Crippen LogP contribution in [0.5, 0.6) is 0 Å². The number of aromatic carboxylic acids is 1. The molecule has 0 unspecified atom stereocenters. The fourth-order valence-corrected chi connectivity index (χ4v) is 1.82. The predicted molar refractivity (Wildman–Crippen MR) is 63.8 cm³/mol. The Bertz CT molecular complexity index is 645. The van der Waals surface area contributed by atoms with Crippen LogP contribution in [0.4, 0.5) is 17.6 Å². The van der Waals surface area contributed by atoms with E-state index in [9.17, 15) is 22.4 Å². The Morgan fingerprint density at radius 1 is 1.00 bits per heavy atom. The van der Waals surface area contributed by atoms with Gasteiger partial charge in [0.05, 0.1) is 11.1 Å². The average molecular weight is 284 g/mol. The van der Waals surface area contributed by atoms with Gasteiger partial charge in [0, 0.05) is 5.56 Å². The Kier molecular flexibility index (Phi) is 3.48. The fourth-order valence-electron chi connectivity index (χ4n) is 1.82. The third kappa shape index (κ3) is 2.64. The van der Waals surface area contributed by atoms with E-state index in [2.05, 4.69) is 0 Å². The molecule has 0 aliphatic rings. The largest absolute Gasteiger partial charge is 0.478 e. The molecule has 104 valence electrons. The van der Waals surface area contributed by atoms with E-state index in [1.807, 2.05) is 0 Å². The lowest BCUT2D eigenvalue weighted by Gasteiger charge is -2.10. The van der Waals surface area contributed by atoms with Crippen molar-refractivity contribution >= 4 is 5.97 Å². The van der Waals surface area contributed by atoms with Crippen LogP contribution in [-0.2, 0) is 6.18 Å². The van der Waals surface area contributed by atoms with Crippen LogP contribution < -0.4 is 0 Å². The van der Waals surface area contributed by atoms with E-state index in [-0.39, 0.29) is 16.7 Å². The molecule has 2 nitrogen and oxygen atoms in total. The highest BCUT2D eigenvalue weighted by molar-refractivity contribution is 5.96. The summed E-state index contributed by atoms with van der Waals surface area (Å²) >= 11 is 0. The van der Waals surface area contributed by atoms with Crippen molar-refractivity contribution in [2.24, 2.45) is 0 Å². The Morgan fingerprint density at radius 3 is 2.10 bits per heavy atom. The van der Waals surface area contributed by atoms with Crippen molar-refractivity contribution in [3.8, 4) is 11.1 Å². The number of hydrogen-bond donors (Lipinski definition) is 1. The van der Waals surface area contributed by atoms with Crippen LogP contribution in [0.15, 0.2) is 42.5 Å². The number of carboxylic acid groups (broad SMARTS) is 1. The molecule has 6 heteroatoms. The van der Waals surface area contributed by atoms with Gasteiger partial charge in [0.1, 0.15) is 5.82 Å².